The molecule has 8 aromatic carbocycles. The van der Waals surface area contributed by atoms with Gasteiger partial charge in [0.1, 0.15) is 23.0 Å². The van der Waals surface area contributed by atoms with E-state index in [9.17, 15) is 42.7 Å². The second-order valence-electron chi connectivity index (χ2n) is 20.7. The van der Waals surface area contributed by atoms with Crippen molar-refractivity contribution in [1.29, 1.82) is 0 Å². The number of rotatable bonds is 14. The summed E-state index contributed by atoms with van der Waals surface area (Å²) in [5.74, 6) is -3.99. The molecule has 13 rings (SSSR count). The molecular weight excluding hydrogens is 1850 g/mol. The third-order valence-electron chi connectivity index (χ3n) is 13.9. The zero-order valence-corrected chi connectivity index (χ0v) is 61.3. The molecule has 5 aromatic heterocycles. The summed E-state index contributed by atoms with van der Waals surface area (Å²) >= 11 is 0. The second-order valence-corrected chi connectivity index (χ2v) is 20.7. The number of hydrogen-bond acceptors (Lipinski definition) is 12. The average molecular weight is 1910 g/mol. The Morgan fingerprint density at radius 1 is 0.365 bits per heavy atom. The van der Waals surface area contributed by atoms with Crippen molar-refractivity contribution in [3.63, 3.8) is 0 Å². The fraction of sp³-hybridized carbons (Fsp3) is 0. The van der Waals surface area contributed by atoms with Gasteiger partial charge in [0.25, 0.3) is 0 Å². The van der Waals surface area contributed by atoms with Gasteiger partial charge in [-0.2, -0.15) is 0 Å². The number of aliphatic hydroxyl groups excluding tert-OH is 1. The Kier molecular flexibility index (Phi) is 34.1. The minimum atomic E-state index is -0.990. The number of aromatic carboxylic acids is 2. The van der Waals surface area contributed by atoms with Gasteiger partial charge in [0.2, 0.25) is 0 Å². The van der Waals surface area contributed by atoms with Crippen molar-refractivity contribution in [3.05, 3.63) is 419 Å². The minimum absolute atomic E-state index is 0. The number of benzene rings is 8. The molecule has 0 amide bonds. The molecule has 0 saturated heterocycles. The maximum absolute atomic E-state index is 14.0. The summed E-state index contributed by atoms with van der Waals surface area (Å²) in [5.41, 5.74) is 9.05. The van der Waals surface area contributed by atoms with Gasteiger partial charge in [-0.25, -0.2) is 33.6 Å². The molecule has 16 nitrogen and oxygen atoms in total. The van der Waals surface area contributed by atoms with E-state index >= 15 is 0 Å². The topological polar surface area (TPSA) is 236 Å². The van der Waals surface area contributed by atoms with Crippen molar-refractivity contribution >= 4 is 52.2 Å². The van der Waals surface area contributed by atoms with Gasteiger partial charge in [0, 0.05) is 131 Å². The number of allylic oxidation sites excluding steroid dienone is 1. The summed E-state index contributed by atoms with van der Waals surface area (Å²) in [7, 11) is 0. The Morgan fingerprint density at radius 2 is 0.721 bits per heavy atom. The molecule has 0 saturated carbocycles. The molecule has 0 fully saturated rings. The maximum atomic E-state index is 14.0. The first kappa shape index (κ1) is 82.1. The van der Waals surface area contributed by atoms with Crippen molar-refractivity contribution in [1.82, 2.24) is 24.9 Å². The van der Waals surface area contributed by atoms with E-state index in [0.29, 0.717) is 56.0 Å². The van der Waals surface area contributed by atoms with Crippen molar-refractivity contribution in [2.24, 2.45) is 0 Å². The van der Waals surface area contributed by atoms with Crippen molar-refractivity contribution < 1.29 is 113 Å². The number of hydrogen-bond donors (Lipinski definition) is 3. The quantitative estimate of drug-likeness (QED) is 0.0397. The van der Waals surface area contributed by atoms with Gasteiger partial charge in [0.15, 0.2) is 34.5 Å². The van der Waals surface area contributed by atoms with E-state index in [1.54, 1.807) is 182 Å². The first-order valence-electron chi connectivity index (χ1n) is 30.3. The Balaban J connectivity index is 0.000000229. The summed E-state index contributed by atoms with van der Waals surface area (Å²) < 4.78 is 26.9. The normalized spacial score (nSPS) is 9.79. The van der Waals surface area contributed by atoms with Crippen LogP contribution in [0.15, 0.2) is 310 Å². The third kappa shape index (κ3) is 25.3. The largest absolute Gasteiger partial charge is 0.507 e. The van der Waals surface area contributed by atoms with Crippen molar-refractivity contribution in [3.8, 4) is 33.8 Å². The summed E-state index contributed by atoms with van der Waals surface area (Å²) in [6.07, 6.45) is 9.16. The molecule has 0 aliphatic rings. The van der Waals surface area contributed by atoms with Crippen LogP contribution in [0.5, 0.6) is 0 Å². The zero-order chi connectivity index (χ0) is 71.7. The van der Waals surface area contributed by atoms with Crippen LogP contribution in [0.25, 0.3) is 49.2 Å². The molecular formula is C83H54F2Ir3N7O9-3. The molecule has 13 aromatic rings. The number of halogens is 2. The van der Waals surface area contributed by atoms with Crippen LogP contribution in [0.4, 0.5) is 20.2 Å². The number of carboxylic acids is 2. The van der Waals surface area contributed by atoms with Gasteiger partial charge in [0.05, 0.1) is 13.1 Å². The number of carbonyl (C=O) groups excluding carboxylic acids is 4. The van der Waals surface area contributed by atoms with E-state index in [-0.39, 0.29) is 106 Å². The van der Waals surface area contributed by atoms with E-state index in [4.69, 9.17) is 23.4 Å². The number of nitrogens with zero attached hydrogens (tertiary/aromatic N) is 7. The SMILES string of the molecule is O=C(C=C(O)c1ccccc1)c1ccccc1.O=C(O)c1ccccn1.O=C(O)c1ccccn1.O=C(c1ccc(F)cc1)c1cc(-c2ccccn2)[c-]cc1F.[C-]#[N+]c1ccc(C(=O)c2cc[c-]c(-c3ccccn3)c2)cc1.[C-]#[N+]c1ccc(C(=O)c2cc[c-]c(-c3ccccn3)c2)cc1.[Ir].[Ir].[Ir]. The van der Waals surface area contributed by atoms with E-state index in [1.807, 2.05) is 60.7 Å². The molecule has 5 heterocycles. The predicted molar refractivity (Wildman–Crippen MR) is 378 cm³/mol. The Bertz CT molecular complexity index is 4860. The van der Waals surface area contributed by atoms with Gasteiger partial charge in [-0.15, -0.1) is 83.4 Å². The first-order valence-corrected chi connectivity index (χ1v) is 30.3. The average Bonchev–Trinajstić information content (AvgIpc) is 0.822. The number of aliphatic hydroxyl groups is 1. The molecule has 0 spiro atoms. The van der Waals surface area contributed by atoms with Crippen LogP contribution >= 0.6 is 0 Å². The van der Waals surface area contributed by atoms with Crippen LogP contribution in [0, 0.1) is 43.0 Å². The first-order chi connectivity index (χ1) is 49.1. The van der Waals surface area contributed by atoms with Crippen LogP contribution < -0.4 is 0 Å². The molecule has 0 unspecified atom stereocenters. The Morgan fingerprint density at radius 3 is 1.08 bits per heavy atom. The Hall–Kier alpha value is -12.5. The summed E-state index contributed by atoms with van der Waals surface area (Å²) in [4.78, 5) is 96.0. The molecule has 3 N–H and O–H groups in total. The van der Waals surface area contributed by atoms with Crippen LogP contribution in [-0.2, 0) is 60.3 Å². The summed E-state index contributed by atoms with van der Waals surface area (Å²) in [6.45, 7) is 13.9. The molecule has 104 heavy (non-hydrogen) atoms. The molecule has 21 heteroatoms. The monoisotopic (exact) mass is 1910 g/mol. The van der Waals surface area contributed by atoms with Crippen molar-refractivity contribution in [2.75, 3.05) is 0 Å². The summed E-state index contributed by atoms with van der Waals surface area (Å²) in [5, 5.41) is 26.4. The zero-order valence-electron chi connectivity index (χ0n) is 54.1. The van der Waals surface area contributed by atoms with Gasteiger partial charge in [-0.3, -0.25) is 23.6 Å². The smallest absolute Gasteiger partial charge is 0.354 e. The predicted octanol–water partition coefficient (Wildman–Crippen LogP) is 17.7. The molecule has 0 aliphatic carbocycles. The van der Waals surface area contributed by atoms with Gasteiger partial charge in [-0.1, -0.05) is 169 Å². The van der Waals surface area contributed by atoms with Crippen LogP contribution in [0.2, 0.25) is 0 Å². The maximum Gasteiger partial charge on any atom is 0.354 e. The van der Waals surface area contributed by atoms with Crippen LogP contribution in [-0.4, -0.2) is 75.3 Å². The van der Waals surface area contributed by atoms with Crippen LogP contribution in [0.3, 0.4) is 0 Å². The molecule has 3 radical (unpaired) electrons. The number of aromatic nitrogens is 5. The fourth-order valence-corrected chi connectivity index (χ4v) is 8.82. The minimum Gasteiger partial charge on any atom is -0.507 e. The molecule has 0 aliphatic heterocycles. The molecule has 519 valence electrons. The third-order valence-corrected chi connectivity index (χ3v) is 13.9. The van der Waals surface area contributed by atoms with E-state index in [0.717, 1.165) is 28.6 Å². The summed E-state index contributed by atoms with van der Waals surface area (Å²) in [6, 6.07) is 84.1. The number of carboxylic acid groups (broad SMARTS) is 2. The Labute approximate surface area is 638 Å². The van der Waals surface area contributed by atoms with E-state index < -0.39 is 29.4 Å². The second kappa shape index (κ2) is 43.2. The number of pyridine rings is 5. The van der Waals surface area contributed by atoms with E-state index in [2.05, 4.69) is 52.8 Å². The van der Waals surface area contributed by atoms with Crippen LogP contribution in [0.1, 0.15) is 84.7 Å². The van der Waals surface area contributed by atoms with Gasteiger partial charge >= 0.3 is 11.9 Å². The molecule has 0 bridgehead atoms. The standard InChI is InChI=1S/2C19H11N2O.C18H10F2NO.C15H12O2.2C6H5NO2.3Ir/c2*1-20-17-10-8-14(9-11-17)19(22)16-6-4-5-15(13-16)18-7-2-3-12-21-18;19-14-7-4-12(5-8-14)18(22)15-11-13(6-9-16(15)20)17-3-1-2-10-21-17;16-14(12-7-3-1-4-8-12)11-15(17)13-9-5-2-6-10-13;2*8-6(9)5-3-1-2-4-7-5;;;/h2*2-4,6-13H;1-5,7-11H;1-11,16H;2*1-4H,(H,8,9);;;/q3*-1;;;;;;. The van der Waals surface area contributed by atoms with E-state index in [1.165, 1.54) is 60.9 Å². The molecule has 0 atom stereocenters. The number of carbonyl (C=O) groups is 6. The van der Waals surface area contributed by atoms with Gasteiger partial charge in [-0.05, 0) is 89.4 Å². The number of ketones is 4. The fourth-order valence-electron chi connectivity index (χ4n) is 8.82. The van der Waals surface area contributed by atoms with Crippen molar-refractivity contribution in [2.45, 2.75) is 0 Å². The van der Waals surface area contributed by atoms with Gasteiger partial charge < -0.3 is 30.3 Å².